The van der Waals surface area contributed by atoms with Crippen molar-refractivity contribution in [1.82, 2.24) is 5.16 Å². The highest BCUT2D eigenvalue weighted by Crippen LogP contribution is 2.21. The van der Waals surface area contributed by atoms with Gasteiger partial charge in [0.05, 0.1) is 0 Å². The summed E-state index contributed by atoms with van der Waals surface area (Å²) in [4.78, 5) is 10.8. The lowest BCUT2D eigenvalue weighted by atomic mass is 10.1. The van der Waals surface area contributed by atoms with E-state index in [1.807, 2.05) is 0 Å². The molecule has 14 heavy (non-hydrogen) atoms. The third-order valence-electron chi connectivity index (χ3n) is 2.00. The Bertz CT molecular complexity index is 490. The maximum Gasteiger partial charge on any atom is 0.339 e. The fourth-order valence-electron chi connectivity index (χ4n) is 1.33. The Kier molecular flexibility index (Phi) is 1.94. The van der Waals surface area contributed by atoms with Crippen molar-refractivity contribution in [2.24, 2.45) is 5.73 Å². The third kappa shape index (κ3) is 1.14. The lowest BCUT2D eigenvalue weighted by molar-refractivity contribution is 0.0697. The standard InChI is InChI=1S/C9H8N2O3/c10-4-7-5-2-1-3-6(9(12)13)8(5)14-11-7/h1-3H,4,10H2,(H,12,13). The zero-order valence-electron chi connectivity index (χ0n) is 7.23. The van der Waals surface area contributed by atoms with E-state index < -0.39 is 5.97 Å². The van der Waals surface area contributed by atoms with Crippen LogP contribution in [0.25, 0.3) is 11.0 Å². The van der Waals surface area contributed by atoms with Crippen molar-refractivity contribution in [3.05, 3.63) is 29.5 Å². The lowest BCUT2D eigenvalue weighted by Gasteiger charge is -1.93. The second-order valence-corrected chi connectivity index (χ2v) is 2.82. The van der Waals surface area contributed by atoms with E-state index in [0.29, 0.717) is 11.1 Å². The smallest absolute Gasteiger partial charge is 0.339 e. The maximum atomic E-state index is 10.8. The van der Waals surface area contributed by atoms with E-state index in [4.69, 9.17) is 15.4 Å². The molecule has 3 N–H and O–H groups in total. The molecular weight excluding hydrogens is 184 g/mol. The molecule has 2 rings (SSSR count). The van der Waals surface area contributed by atoms with Crippen LogP contribution in [0.15, 0.2) is 22.7 Å². The molecule has 0 saturated heterocycles. The molecule has 0 saturated carbocycles. The van der Waals surface area contributed by atoms with Gasteiger partial charge in [-0.1, -0.05) is 11.2 Å². The average molecular weight is 192 g/mol. The number of rotatable bonds is 2. The molecule has 0 bridgehead atoms. The molecule has 0 fully saturated rings. The number of nitrogens with zero attached hydrogens (tertiary/aromatic N) is 1. The largest absolute Gasteiger partial charge is 0.478 e. The van der Waals surface area contributed by atoms with E-state index in [0.717, 1.165) is 0 Å². The van der Waals surface area contributed by atoms with Crippen LogP contribution in [0.4, 0.5) is 0 Å². The summed E-state index contributed by atoms with van der Waals surface area (Å²) >= 11 is 0. The van der Waals surface area contributed by atoms with Crippen LogP contribution in [0.5, 0.6) is 0 Å². The van der Waals surface area contributed by atoms with Gasteiger partial charge in [-0.2, -0.15) is 0 Å². The van der Waals surface area contributed by atoms with Crippen LogP contribution in [0.3, 0.4) is 0 Å². The predicted octanol–water partition coefficient (Wildman–Crippen LogP) is 0.985. The molecule has 1 aromatic heterocycles. The van der Waals surface area contributed by atoms with Gasteiger partial charge in [-0.25, -0.2) is 4.79 Å². The van der Waals surface area contributed by atoms with Gasteiger partial charge in [-0.05, 0) is 12.1 Å². The van der Waals surface area contributed by atoms with Crippen LogP contribution < -0.4 is 5.73 Å². The van der Waals surface area contributed by atoms with E-state index in [-0.39, 0.29) is 17.7 Å². The topological polar surface area (TPSA) is 89.4 Å². The van der Waals surface area contributed by atoms with Gasteiger partial charge in [0.2, 0.25) is 0 Å². The highest BCUT2D eigenvalue weighted by Gasteiger charge is 2.14. The van der Waals surface area contributed by atoms with Gasteiger partial charge in [0.1, 0.15) is 11.3 Å². The number of fused-ring (bicyclic) bond motifs is 1. The molecule has 0 atom stereocenters. The van der Waals surface area contributed by atoms with Crippen LogP contribution >= 0.6 is 0 Å². The zero-order valence-corrected chi connectivity index (χ0v) is 7.23. The van der Waals surface area contributed by atoms with Gasteiger partial charge >= 0.3 is 5.97 Å². The number of carbonyl (C=O) groups is 1. The van der Waals surface area contributed by atoms with E-state index in [1.165, 1.54) is 6.07 Å². The first kappa shape index (κ1) is 8.71. The van der Waals surface area contributed by atoms with Crippen molar-refractivity contribution >= 4 is 16.9 Å². The minimum Gasteiger partial charge on any atom is -0.478 e. The van der Waals surface area contributed by atoms with Gasteiger partial charge in [-0.15, -0.1) is 0 Å². The summed E-state index contributed by atoms with van der Waals surface area (Å²) in [5, 5.41) is 13.2. The first-order valence-corrected chi connectivity index (χ1v) is 4.04. The zero-order chi connectivity index (χ0) is 10.1. The molecule has 5 heteroatoms. The number of benzene rings is 1. The third-order valence-corrected chi connectivity index (χ3v) is 2.00. The molecule has 0 aliphatic heterocycles. The highest BCUT2D eigenvalue weighted by molar-refractivity contribution is 6.01. The first-order valence-electron chi connectivity index (χ1n) is 4.04. The molecule has 0 amide bonds. The van der Waals surface area contributed by atoms with E-state index >= 15 is 0 Å². The molecule has 2 aromatic rings. The summed E-state index contributed by atoms with van der Waals surface area (Å²) in [5.74, 6) is -1.03. The van der Waals surface area contributed by atoms with Gasteiger partial charge in [-0.3, -0.25) is 0 Å². The van der Waals surface area contributed by atoms with E-state index in [9.17, 15) is 4.79 Å². The fourth-order valence-corrected chi connectivity index (χ4v) is 1.33. The molecule has 0 radical (unpaired) electrons. The summed E-state index contributed by atoms with van der Waals surface area (Å²) in [6, 6.07) is 4.85. The van der Waals surface area contributed by atoms with E-state index in [2.05, 4.69) is 5.16 Å². The van der Waals surface area contributed by atoms with Crippen molar-refractivity contribution in [2.45, 2.75) is 6.54 Å². The number of para-hydroxylation sites is 1. The molecule has 72 valence electrons. The van der Waals surface area contributed by atoms with Gasteiger partial charge < -0.3 is 15.4 Å². The number of aromatic carboxylic acids is 1. The van der Waals surface area contributed by atoms with Gasteiger partial charge in [0, 0.05) is 11.9 Å². The Hall–Kier alpha value is -1.88. The Labute approximate surface area is 79.1 Å². The summed E-state index contributed by atoms with van der Waals surface area (Å²) in [6.45, 7) is 0.232. The number of carboxylic acids is 1. The van der Waals surface area contributed by atoms with Gasteiger partial charge in [0.25, 0.3) is 0 Å². The fraction of sp³-hybridized carbons (Fsp3) is 0.111. The predicted molar refractivity (Wildman–Crippen MR) is 48.9 cm³/mol. The summed E-state index contributed by atoms with van der Waals surface area (Å²) in [7, 11) is 0. The summed E-state index contributed by atoms with van der Waals surface area (Å²) in [5.41, 5.74) is 6.37. The molecule has 0 spiro atoms. The lowest BCUT2D eigenvalue weighted by Crippen LogP contribution is -1.98. The second kappa shape index (κ2) is 3.12. The van der Waals surface area contributed by atoms with Crippen molar-refractivity contribution in [1.29, 1.82) is 0 Å². The molecule has 1 heterocycles. The minimum atomic E-state index is -1.03. The molecule has 1 aromatic carbocycles. The summed E-state index contributed by atoms with van der Waals surface area (Å²) in [6.07, 6.45) is 0. The number of hydrogen-bond donors (Lipinski definition) is 2. The van der Waals surface area contributed by atoms with Crippen LogP contribution in [0.2, 0.25) is 0 Å². The molecular formula is C9H8N2O3. The number of aromatic nitrogens is 1. The first-order chi connectivity index (χ1) is 6.74. The highest BCUT2D eigenvalue weighted by atomic mass is 16.5. The van der Waals surface area contributed by atoms with Crippen molar-refractivity contribution < 1.29 is 14.4 Å². The molecule has 0 aliphatic rings. The second-order valence-electron chi connectivity index (χ2n) is 2.82. The van der Waals surface area contributed by atoms with Crippen LogP contribution in [-0.2, 0) is 6.54 Å². The average Bonchev–Trinajstić information content (AvgIpc) is 2.59. The van der Waals surface area contributed by atoms with Crippen molar-refractivity contribution in [3.8, 4) is 0 Å². The van der Waals surface area contributed by atoms with Crippen molar-refractivity contribution in [2.75, 3.05) is 0 Å². The van der Waals surface area contributed by atoms with Gasteiger partial charge in [0.15, 0.2) is 5.58 Å². The monoisotopic (exact) mass is 192 g/mol. The number of hydrogen-bond acceptors (Lipinski definition) is 4. The Morgan fingerprint density at radius 3 is 3.00 bits per heavy atom. The molecule has 0 aliphatic carbocycles. The van der Waals surface area contributed by atoms with Crippen molar-refractivity contribution in [3.63, 3.8) is 0 Å². The van der Waals surface area contributed by atoms with Crippen LogP contribution in [0.1, 0.15) is 16.1 Å². The Morgan fingerprint density at radius 1 is 1.57 bits per heavy atom. The Balaban J connectivity index is 2.76. The Morgan fingerprint density at radius 2 is 2.36 bits per heavy atom. The van der Waals surface area contributed by atoms with Crippen LogP contribution in [-0.4, -0.2) is 16.2 Å². The molecule has 0 unspecified atom stereocenters. The summed E-state index contributed by atoms with van der Waals surface area (Å²) < 4.78 is 4.92. The SMILES string of the molecule is NCc1noc2c(C(=O)O)cccc12. The minimum absolute atomic E-state index is 0.106. The number of carboxylic acid groups (broad SMARTS) is 1. The maximum absolute atomic E-state index is 10.8. The van der Waals surface area contributed by atoms with Crippen LogP contribution in [0, 0.1) is 0 Å². The molecule has 5 nitrogen and oxygen atoms in total. The quantitative estimate of drug-likeness (QED) is 0.740. The number of nitrogens with two attached hydrogens (primary N) is 1. The normalized spacial score (nSPS) is 10.6. The van der Waals surface area contributed by atoms with E-state index in [1.54, 1.807) is 12.1 Å².